The van der Waals surface area contributed by atoms with Crippen LogP contribution in [-0.4, -0.2) is 51.1 Å². The van der Waals surface area contributed by atoms with Crippen molar-refractivity contribution in [2.45, 2.75) is 48.1 Å². The van der Waals surface area contributed by atoms with Crippen LogP contribution in [0.1, 0.15) is 42.9 Å². The minimum absolute atomic E-state index is 0.118. The fourth-order valence-corrected chi connectivity index (χ4v) is 7.06. The van der Waals surface area contributed by atoms with Crippen LogP contribution in [0.2, 0.25) is 0 Å². The molecule has 0 radical (unpaired) electrons. The standard InChI is InChI=1S/C27H30N8S/c28-22-19-7-2-1-6-18(19)16-27(22)9-14-35(15-10-27)26-32-23-24(33-26)31-21(17-30-23)36-20-8-5-11-29-25(20)34-12-3-4-13-34/h1-2,5-8,11,17,22H,3-4,9-10,12-16,28H2,(H,30,31,32,33)/t22-/m1/s1. The fraction of sp³-hybridized carbons (Fsp3) is 0.407. The van der Waals surface area contributed by atoms with E-state index in [1.165, 1.54) is 24.0 Å². The maximum absolute atomic E-state index is 6.76. The summed E-state index contributed by atoms with van der Waals surface area (Å²) in [6.45, 7) is 3.98. The second-order valence-electron chi connectivity index (χ2n) is 10.3. The zero-order chi connectivity index (χ0) is 24.1. The Bertz CT molecular complexity index is 1400. The van der Waals surface area contributed by atoms with Crippen LogP contribution in [0.15, 0.2) is 58.7 Å². The fourth-order valence-electron chi connectivity index (χ4n) is 6.17. The molecule has 2 aliphatic heterocycles. The third kappa shape index (κ3) is 3.72. The van der Waals surface area contributed by atoms with Crippen LogP contribution in [0.3, 0.4) is 0 Å². The summed E-state index contributed by atoms with van der Waals surface area (Å²) in [6.07, 6.45) is 9.33. The summed E-state index contributed by atoms with van der Waals surface area (Å²) in [5.41, 5.74) is 11.0. The van der Waals surface area contributed by atoms with E-state index in [4.69, 9.17) is 15.7 Å². The number of pyridine rings is 1. The molecule has 0 saturated carbocycles. The molecule has 8 nitrogen and oxygen atoms in total. The van der Waals surface area contributed by atoms with E-state index in [0.717, 1.165) is 72.8 Å². The number of imidazole rings is 1. The molecular formula is C27H30N8S. The quantitative estimate of drug-likeness (QED) is 0.429. The van der Waals surface area contributed by atoms with E-state index >= 15 is 0 Å². The monoisotopic (exact) mass is 498 g/mol. The minimum atomic E-state index is 0.118. The summed E-state index contributed by atoms with van der Waals surface area (Å²) in [5.74, 6) is 1.89. The van der Waals surface area contributed by atoms with Crippen molar-refractivity contribution in [3.05, 3.63) is 59.9 Å². The predicted octanol–water partition coefficient (Wildman–Crippen LogP) is 4.34. The third-order valence-corrected chi connectivity index (χ3v) is 9.14. The van der Waals surface area contributed by atoms with Crippen molar-refractivity contribution < 1.29 is 0 Å². The van der Waals surface area contributed by atoms with Crippen molar-refractivity contribution in [1.29, 1.82) is 0 Å². The Balaban J connectivity index is 1.08. The summed E-state index contributed by atoms with van der Waals surface area (Å²) in [5, 5.41) is 0.835. The Morgan fingerprint density at radius 2 is 1.78 bits per heavy atom. The molecule has 1 aliphatic carbocycles. The van der Waals surface area contributed by atoms with Crippen molar-refractivity contribution in [3.8, 4) is 0 Å². The second kappa shape index (κ2) is 8.74. The molecule has 3 aromatic heterocycles. The first-order valence-corrected chi connectivity index (χ1v) is 13.7. The highest BCUT2D eigenvalue weighted by Gasteiger charge is 2.46. The molecule has 36 heavy (non-hydrogen) atoms. The Morgan fingerprint density at radius 1 is 0.944 bits per heavy atom. The largest absolute Gasteiger partial charge is 0.356 e. The molecule has 3 N–H and O–H groups in total. The molecule has 9 heteroatoms. The highest BCUT2D eigenvalue weighted by atomic mass is 32.2. The number of hydrogen-bond donors (Lipinski definition) is 2. The highest BCUT2D eigenvalue weighted by molar-refractivity contribution is 7.99. The number of piperidine rings is 1. The number of rotatable bonds is 4. The second-order valence-corrected chi connectivity index (χ2v) is 11.3. The summed E-state index contributed by atoms with van der Waals surface area (Å²) in [4.78, 5) is 28.2. The number of H-pyrrole nitrogens is 1. The van der Waals surface area contributed by atoms with E-state index in [0.29, 0.717) is 5.65 Å². The summed E-state index contributed by atoms with van der Waals surface area (Å²) in [6, 6.07) is 12.9. The van der Waals surface area contributed by atoms with Gasteiger partial charge in [-0.1, -0.05) is 36.0 Å². The van der Waals surface area contributed by atoms with Gasteiger partial charge in [0.2, 0.25) is 5.95 Å². The first kappa shape index (κ1) is 22.1. The molecule has 0 amide bonds. The van der Waals surface area contributed by atoms with Crippen LogP contribution >= 0.6 is 11.8 Å². The Morgan fingerprint density at radius 3 is 2.61 bits per heavy atom. The van der Waals surface area contributed by atoms with E-state index in [1.54, 1.807) is 11.8 Å². The molecule has 2 fully saturated rings. The molecule has 1 atom stereocenters. The van der Waals surface area contributed by atoms with Gasteiger partial charge in [0.25, 0.3) is 0 Å². The molecular weight excluding hydrogens is 468 g/mol. The molecule has 0 unspecified atom stereocenters. The van der Waals surface area contributed by atoms with Crippen LogP contribution in [-0.2, 0) is 6.42 Å². The topological polar surface area (TPSA) is 99.8 Å². The third-order valence-electron chi connectivity index (χ3n) is 8.20. The van der Waals surface area contributed by atoms with E-state index in [9.17, 15) is 0 Å². The average Bonchev–Trinajstić information content (AvgIpc) is 3.64. The van der Waals surface area contributed by atoms with Crippen LogP contribution in [0.25, 0.3) is 11.3 Å². The van der Waals surface area contributed by atoms with E-state index in [1.807, 2.05) is 18.5 Å². The number of benzene rings is 1. The summed E-state index contributed by atoms with van der Waals surface area (Å²) < 4.78 is 0. The van der Waals surface area contributed by atoms with Gasteiger partial charge in [-0.05, 0) is 60.8 Å². The number of hydrogen-bond acceptors (Lipinski definition) is 8. The van der Waals surface area contributed by atoms with Crippen molar-refractivity contribution >= 4 is 34.8 Å². The minimum Gasteiger partial charge on any atom is -0.356 e. The first-order valence-electron chi connectivity index (χ1n) is 12.9. The van der Waals surface area contributed by atoms with Crippen molar-refractivity contribution in [2.24, 2.45) is 11.1 Å². The molecule has 5 heterocycles. The molecule has 1 spiro atoms. The number of anilines is 2. The van der Waals surface area contributed by atoms with Gasteiger partial charge in [0.15, 0.2) is 11.3 Å². The number of nitrogens with one attached hydrogen (secondary N) is 1. The van der Waals surface area contributed by atoms with Crippen LogP contribution in [0.4, 0.5) is 11.8 Å². The molecule has 4 aromatic rings. The molecule has 2 saturated heterocycles. The van der Waals surface area contributed by atoms with Gasteiger partial charge in [0.05, 0.1) is 11.1 Å². The molecule has 3 aliphatic rings. The lowest BCUT2D eigenvalue weighted by atomic mass is 9.73. The molecule has 184 valence electrons. The van der Waals surface area contributed by atoms with Gasteiger partial charge in [0, 0.05) is 38.4 Å². The van der Waals surface area contributed by atoms with E-state index < -0.39 is 0 Å². The first-order chi connectivity index (χ1) is 17.7. The Kier molecular flexibility index (Phi) is 5.36. The molecule has 7 rings (SSSR count). The van der Waals surface area contributed by atoms with E-state index in [2.05, 4.69) is 55.1 Å². The van der Waals surface area contributed by atoms with Crippen LogP contribution in [0, 0.1) is 5.41 Å². The predicted molar refractivity (Wildman–Crippen MR) is 142 cm³/mol. The number of nitrogens with two attached hydrogens (primary N) is 1. The lowest BCUT2D eigenvalue weighted by molar-refractivity contribution is 0.187. The lowest BCUT2D eigenvalue weighted by Gasteiger charge is -2.42. The van der Waals surface area contributed by atoms with Gasteiger partial charge in [0.1, 0.15) is 10.8 Å². The lowest BCUT2D eigenvalue weighted by Crippen LogP contribution is -2.44. The van der Waals surface area contributed by atoms with Gasteiger partial charge in [-0.3, -0.25) is 0 Å². The zero-order valence-electron chi connectivity index (χ0n) is 20.2. The summed E-state index contributed by atoms with van der Waals surface area (Å²) >= 11 is 1.61. The van der Waals surface area contributed by atoms with Gasteiger partial charge >= 0.3 is 0 Å². The van der Waals surface area contributed by atoms with Crippen molar-refractivity contribution in [3.63, 3.8) is 0 Å². The van der Waals surface area contributed by atoms with Crippen molar-refractivity contribution in [1.82, 2.24) is 24.9 Å². The molecule has 0 bridgehead atoms. The number of nitrogens with zero attached hydrogens (tertiary/aromatic N) is 6. The normalized spacial score (nSPS) is 21.0. The molecule has 1 aromatic carbocycles. The van der Waals surface area contributed by atoms with Gasteiger partial charge in [-0.15, -0.1) is 0 Å². The van der Waals surface area contributed by atoms with Crippen molar-refractivity contribution in [2.75, 3.05) is 36.0 Å². The van der Waals surface area contributed by atoms with Gasteiger partial charge in [-0.2, -0.15) is 4.98 Å². The summed E-state index contributed by atoms with van der Waals surface area (Å²) in [7, 11) is 0. The highest BCUT2D eigenvalue weighted by Crippen LogP contribution is 2.50. The number of aromatic nitrogens is 5. The number of fused-ring (bicyclic) bond motifs is 2. The van der Waals surface area contributed by atoms with Crippen LogP contribution in [0.5, 0.6) is 0 Å². The maximum Gasteiger partial charge on any atom is 0.206 e. The average molecular weight is 499 g/mol. The smallest absolute Gasteiger partial charge is 0.206 e. The maximum atomic E-state index is 6.76. The zero-order valence-corrected chi connectivity index (χ0v) is 21.0. The van der Waals surface area contributed by atoms with Gasteiger partial charge < -0.3 is 20.5 Å². The van der Waals surface area contributed by atoms with E-state index in [-0.39, 0.29) is 11.5 Å². The Hall–Kier alpha value is -3.17. The van der Waals surface area contributed by atoms with Crippen LogP contribution < -0.4 is 15.5 Å². The number of aromatic amines is 1. The Labute approximate surface area is 214 Å². The SMILES string of the molecule is N[C@@H]1c2ccccc2CC12CCN(c1nc3nc(Sc4cccnc4N4CCCC4)cnc3[nH]1)CC2. The van der Waals surface area contributed by atoms with Gasteiger partial charge in [-0.25, -0.2) is 15.0 Å².